The van der Waals surface area contributed by atoms with Crippen LogP contribution < -0.4 is 10.6 Å². The van der Waals surface area contributed by atoms with Crippen LogP contribution in [-0.2, 0) is 16.1 Å². The summed E-state index contributed by atoms with van der Waals surface area (Å²) in [4.78, 5) is 28.0. The number of rotatable bonds is 7. The molecule has 0 saturated heterocycles. The summed E-state index contributed by atoms with van der Waals surface area (Å²) < 4.78 is 36.7. The molecule has 0 spiro atoms. The Morgan fingerprint density at radius 3 is 2.50 bits per heavy atom. The minimum Gasteiger partial charge on any atom is -0.466 e. The number of nitrogens with one attached hydrogen (secondary N) is 2. The number of ether oxygens (including phenoxy) is 1. The van der Waals surface area contributed by atoms with Gasteiger partial charge in [-0.05, 0) is 51.4 Å². The Morgan fingerprint density at radius 2 is 1.83 bits per heavy atom. The lowest BCUT2D eigenvalue weighted by atomic mass is 9.82. The number of hydrogen-bond donors (Lipinski definition) is 2. The van der Waals surface area contributed by atoms with Gasteiger partial charge in [0.2, 0.25) is 11.8 Å². The van der Waals surface area contributed by atoms with Gasteiger partial charge in [0, 0.05) is 25.3 Å². The van der Waals surface area contributed by atoms with E-state index >= 15 is 0 Å². The van der Waals surface area contributed by atoms with Gasteiger partial charge in [-0.1, -0.05) is 5.16 Å². The minimum absolute atomic E-state index is 0.0304. The average molecular weight is 428 g/mol. The molecule has 0 atom stereocenters. The largest absolute Gasteiger partial charge is 0.466 e. The van der Waals surface area contributed by atoms with Gasteiger partial charge in [0.15, 0.2) is 5.82 Å². The maximum absolute atomic E-state index is 13.3. The zero-order valence-electron chi connectivity index (χ0n) is 17.3. The van der Waals surface area contributed by atoms with Crippen molar-refractivity contribution < 1.29 is 27.6 Å². The Labute approximate surface area is 174 Å². The molecule has 2 aliphatic rings. The maximum atomic E-state index is 13.3. The highest BCUT2D eigenvalue weighted by molar-refractivity contribution is 5.73. The van der Waals surface area contributed by atoms with Gasteiger partial charge in [-0.2, -0.15) is 4.98 Å². The van der Waals surface area contributed by atoms with Crippen molar-refractivity contribution in [2.75, 3.05) is 13.2 Å². The molecule has 0 unspecified atom stereocenters. The van der Waals surface area contributed by atoms with Crippen molar-refractivity contribution in [1.82, 2.24) is 20.8 Å². The number of amides is 2. The fourth-order valence-electron chi connectivity index (χ4n) is 4.12. The van der Waals surface area contributed by atoms with Crippen LogP contribution in [0.15, 0.2) is 4.52 Å². The van der Waals surface area contributed by atoms with Gasteiger partial charge in [0.1, 0.15) is 0 Å². The summed E-state index contributed by atoms with van der Waals surface area (Å²) in [6.07, 6.45) is 3.65. The Balaban J connectivity index is 1.33. The van der Waals surface area contributed by atoms with E-state index in [0.29, 0.717) is 37.7 Å². The van der Waals surface area contributed by atoms with Gasteiger partial charge < -0.3 is 19.9 Å². The lowest BCUT2D eigenvalue weighted by Crippen LogP contribution is -2.39. The number of alkyl halides is 2. The number of carbonyl (C=O) groups excluding carboxylic acids is 2. The molecule has 168 valence electrons. The first-order valence-electron chi connectivity index (χ1n) is 10.7. The van der Waals surface area contributed by atoms with Crippen LogP contribution in [0.3, 0.4) is 0 Å². The summed E-state index contributed by atoms with van der Waals surface area (Å²) in [5, 5.41) is 9.38. The molecule has 2 fully saturated rings. The van der Waals surface area contributed by atoms with Crippen LogP contribution >= 0.6 is 0 Å². The predicted octanol–water partition coefficient (Wildman–Crippen LogP) is 3.53. The number of carbonyl (C=O) groups is 2. The first-order chi connectivity index (χ1) is 14.4. The highest BCUT2D eigenvalue weighted by Gasteiger charge is 2.37. The molecule has 8 nitrogen and oxygen atoms in total. The van der Waals surface area contributed by atoms with Crippen LogP contribution in [0.1, 0.15) is 75.9 Å². The molecule has 30 heavy (non-hydrogen) atoms. The summed E-state index contributed by atoms with van der Waals surface area (Å²) in [7, 11) is 0. The van der Waals surface area contributed by atoms with Crippen LogP contribution in [0.4, 0.5) is 13.6 Å². The molecule has 0 bridgehead atoms. The number of aromatic nitrogens is 2. The molecule has 2 aliphatic carbocycles. The van der Waals surface area contributed by atoms with Crippen molar-refractivity contribution in [3.63, 3.8) is 0 Å². The van der Waals surface area contributed by atoms with E-state index in [9.17, 15) is 18.4 Å². The highest BCUT2D eigenvalue weighted by Crippen LogP contribution is 2.39. The summed E-state index contributed by atoms with van der Waals surface area (Å²) in [6.45, 7) is 2.82. The molecular weight excluding hydrogens is 398 g/mol. The SMILES string of the molecule is CCOC(=O)C1CCC(CNC(=O)NCc2nc(C3CCC(F)(F)CC3)no2)CC1. The van der Waals surface area contributed by atoms with Gasteiger partial charge in [0.25, 0.3) is 0 Å². The van der Waals surface area contributed by atoms with Gasteiger partial charge in [-0.25, -0.2) is 13.6 Å². The number of nitrogens with zero attached hydrogens (tertiary/aromatic N) is 2. The van der Waals surface area contributed by atoms with Crippen LogP contribution in [0.2, 0.25) is 0 Å². The van der Waals surface area contributed by atoms with Gasteiger partial charge in [0.05, 0.1) is 19.1 Å². The fraction of sp³-hybridized carbons (Fsp3) is 0.800. The lowest BCUT2D eigenvalue weighted by molar-refractivity contribution is -0.149. The van der Waals surface area contributed by atoms with Crippen molar-refractivity contribution in [2.45, 2.75) is 76.7 Å². The van der Waals surface area contributed by atoms with E-state index in [0.717, 1.165) is 25.7 Å². The van der Waals surface area contributed by atoms with E-state index in [2.05, 4.69) is 20.8 Å². The van der Waals surface area contributed by atoms with E-state index in [-0.39, 0.29) is 49.1 Å². The molecule has 1 heterocycles. The third-order valence-electron chi connectivity index (χ3n) is 5.98. The van der Waals surface area contributed by atoms with Crippen molar-refractivity contribution >= 4 is 12.0 Å². The number of urea groups is 1. The average Bonchev–Trinajstić information content (AvgIpc) is 3.20. The van der Waals surface area contributed by atoms with Crippen molar-refractivity contribution in [1.29, 1.82) is 0 Å². The van der Waals surface area contributed by atoms with Crippen LogP contribution in [0.25, 0.3) is 0 Å². The summed E-state index contributed by atoms with van der Waals surface area (Å²) in [6, 6.07) is -0.334. The Bertz CT molecular complexity index is 709. The Hall–Kier alpha value is -2.26. The molecule has 0 aliphatic heterocycles. The lowest BCUT2D eigenvalue weighted by Gasteiger charge is -2.27. The molecule has 0 aromatic carbocycles. The number of halogens is 2. The molecule has 2 amide bonds. The van der Waals surface area contributed by atoms with Crippen molar-refractivity contribution in [2.24, 2.45) is 11.8 Å². The van der Waals surface area contributed by atoms with Crippen molar-refractivity contribution in [3.8, 4) is 0 Å². The summed E-state index contributed by atoms with van der Waals surface area (Å²) >= 11 is 0. The van der Waals surface area contributed by atoms with E-state index < -0.39 is 5.92 Å². The third kappa shape index (κ3) is 6.37. The highest BCUT2D eigenvalue weighted by atomic mass is 19.3. The Kier molecular flexibility index (Phi) is 7.60. The standard InChI is InChI=1S/C20H30F2N4O4/c1-2-29-18(27)15-5-3-13(4-6-15)11-23-19(28)24-12-16-25-17(26-30-16)14-7-9-20(21,22)10-8-14/h13-15H,2-12H2,1H3,(H2,23,24,28). The first kappa shape index (κ1) is 22.4. The third-order valence-corrected chi connectivity index (χ3v) is 5.98. The van der Waals surface area contributed by atoms with E-state index in [1.165, 1.54) is 0 Å². The second-order valence-corrected chi connectivity index (χ2v) is 8.21. The zero-order chi connectivity index (χ0) is 21.6. The minimum atomic E-state index is -2.60. The maximum Gasteiger partial charge on any atom is 0.315 e. The molecule has 0 radical (unpaired) electrons. The summed E-state index contributed by atoms with van der Waals surface area (Å²) in [5.74, 6) is -1.85. The van der Waals surface area contributed by atoms with Gasteiger partial charge in [-0.3, -0.25) is 4.79 Å². The number of hydrogen-bond acceptors (Lipinski definition) is 6. The monoisotopic (exact) mass is 428 g/mol. The first-order valence-corrected chi connectivity index (χ1v) is 10.7. The second kappa shape index (κ2) is 10.2. The molecule has 2 N–H and O–H groups in total. The normalized spacial score (nSPS) is 24.2. The van der Waals surface area contributed by atoms with Crippen LogP contribution in [0, 0.1) is 11.8 Å². The topological polar surface area (TPSA) is 106 Å². The van der Waals surface area contributed by atoms with E-state index in [1.807, 2.05) is 0 Å². The molecule has 1 aromatic rings. The van der Waals surface area contributed by atoms with Gasteiger partial charge >= 0.3 is 12.0 Å². The van der Waals surface area contributed by atoms with Crippen LogP contribution in [0.5, 0.6) is 0 Å². The van der Waals surface area contributed by atoms with E-state index in [1.54, 1.807) is 6.92 Å². The van der Waals surface area contributed by atoms with Crippen LogP contribution in [-0.4, -0.2) is 41.2 Å². The van der Waals surface area contributed by atoms with E-state index in [4.69, 9.17) is 9.26 Å². The van der Waals surface area contributed by atoms with Gasteiger partial charge in [-0.15, -0.1) is 0 Å². The summed E-state index contributed by atoms with van der Waals surface area (Å²) in [5.41, 5.74) is 0. The predicted molar refractivity (Wildman–Crippen MR) is 103 cm³/mol. The quantitative estimate of drug-likeness (QED) is 0.644. The van der Waals surface area contributed by atoms with Crippen molar-refractivity contribution in [3.05, 3.63) is 11.7 Å². The number of esters is 1. The second-order valence-electron chi connectivity index (χ2n) is 8.21. The molecule has 10 heteroatoms. The zero-order valence-corrected chi connectivity index (χ0v) is 17.3. The fourth-order valence-corrected chi connectivity index (χ4v) is 4.12. The Morgan fingerprint density at radius 1 is 1.13 bits per heavy atom. The molecular formula is C20H30F2N4O4. The molecule has 3 rings (SSSR count). The molecule has 2 saturated carbocycles. The smallest absolute Gasteiger partial charge is 0.315 e. The molecule has 1 aromatic heterocycles.